The van der Waals surface area contributed by atoms with Crippen LogP contribution >= 0.6 is 11.8 Å². The first-order valence-electron chi connectivity index (χ1n) is 17.5. The van der Waals surface area contributed by atoms with E-state index in [0.717, 1.165) is 72.5 Å². The predicted octanol–water partition coefficient (Wildman–Crippen LogP) is 6.22. The van der Waals surface area contributed by atoms with Gasteiger partial charge in [0.2, 0.25) is 5.91 Å². The van der Waals surface area contributed by atoms with Crippen LogP contribution in [0.1, 0.15) is 66.0 Å². The van der Waals surface area contributed by atoms with Gasteiger partial charge in [-0.3, -0.25) is 19.3 Å². The number of rotatable bonds is 12. The third-order valence-corrected chi connectivity index (χ3v) is 11.0. The van der Waals surface area contributed by atoms with Gasteiger partial charge in [0.1, 0.15) is 36.1 Å². The molecule has 3 aliphatic rings. The Balaban J connectivity index is 1.05. The van der Waals surface area contributed by atoms with Gasteiger partial charge in [0.05, 0.1) is 11.3 Å². The van der Waals surface area contributed by atoms with Crippen molar-refractivity contribution in [2.75, 3.05) is 19.7 Å². The summed E-state index contributed by atoms with van der Waals surface area (Å²) in [5, 5.41) is 17.5. The molecule has 3 aromatic rings. The van der Waals surface area contributed by atoms with Gasteiger partial charge in [-0.1, -0.05) is 42.5 Å². The zero-order valence-electron chi connectivity index (χ0n) is 29.8. The van der Waals surface area contributed by atoms with Crippen molar-refractivity contribution in [3.8, 4) is 17.2 Å². The smallest absolute Gasteiger partial charge is 0.333 e. The minimum absolute atomic E-state index is 0.0248. The molecule has 2 saturated heterocycles. The molecule has 2 unspecified atom stereocenters. The lowest BCUT2D eigenvalue weighted by molar-refractivity contribution is -0.151. The monoisotopic (exact) mass is 728 g/mol. The van der Waals surface area contributed by atoms with Gasteiger partial charge in [0.25, 0.3) is 11.1 Å². The molecule has 274 valence electrons. The SMILES string of the molecule is Cc1c(C)c2c(c(C)c1OCc1ccccc1)CCC(C)(CN1CCC[C@H]1COc1ccc(/C=C3\SC(=O)N(C(=O)CC(O)C(=O)O)C3=O)cc1)O2. The number of thioether (sulfide) groups is 1. The Kier molecular flexibility index (Phi) is 11.1. The number of likely N-dealkylation sites (tertiary alicyclic amines) is 1. The Morgan fingerprint density at radius 2 is 1.77 bits per heavy atom. The summed E-state index contributed by atoms with van der Waals surface area (Å²) in [4.78, 5) is 51.1. The first-order valence-corrected chi connectivity index (χ1v) is 18.3. The van der Waals surface area contributed by atoms with E-state index < -0.39 is 35.5 Å². The van der Waals surface area contributed by atoms with Gasteiger partial charge in [-0.15, -0.1) is 0 Å². The first kappa shape index (κ1) is 37.1. The van der Waals surface area contributed by atoms with E-state index in [1.54, 1.807) is 24.3 Å². The maximum Gasteiger partial charge on any atom is 0.333 e. The van der Waals surface area contributed by atoms with Crippen LogP contribution in [0.5, 0.6) is 17.2 Å². The highest BCUT2D eigenvalue weighted by Gasteiger charge is 2.41. The number of hydrogen-bond donors (Lipinski definition) is 2. The van der Waals surface area contributed by atoms with Crippen molar-refractivity contribution < 1.29 is 43.6 Å². The average Bonchev–Trinajstić information content (AvgIpc) is 3.68. The molecule has 12 heteroatoms. The quantitative estimate of drug-likeness (QED) is 0.205. The number of nitrogens with zero attached hydrogens (tertiary/aromatic N) is 2. The van der Waals surface area contributed by atoms with Crippen molar-refractivity contribution in [2.45, 2.75) is 84.2 Å². The molecule has 3 aliphatic heterocycles. The van der Waals surface area contributed by atoms with Crippen LogP contribution in [-0.2, 0) is 27.4 Å². The number of aliphatic hydroxyl groups is 1. The first-order chi connectivity index (χ1) is 24.8. The largest absolute Gasteiger partial charge is 0.492 e. The van der Waals surface area contributed by atoms with Gasteiger partial charge in [-0.2, -0.15) is 0 Å². The normalized spacial score (nSPS) is 21.6. The fourth-order valence-corrected chi connectivity index (χ4v) is 7.93. The van der Waals surface area contributed by atoms with Crippen LogP contribution < -0.4 is 14.2 Å². The second-order valence-electron chi connectivity index (χ2n) is 14.0. The molecule has 3 atom stereocenters. The Morgan fingerprint density at radius 3 is 2.48 bits per heavy atom. The second-order valence-corrected chi connectivity index (χ2v) is 14.9. The van der Waals surface area contributed by atoms with Gasteiger partial charge in [-0.25, -0.2) is 9.69 Å². The Bertz CT molecular complexity index is 1900. The third kappa shape index (κ3) is 8.04. The summed E-state index contributed by atoms with van der Waals surface area (Å²) < 4.78 is 19.5. The lowest BCUT2D eigenvalue weighted by Crippen LogP contribution is -2.50. The number of hydrogen-bond acceptors (Lipinski definition) is 10. The van der Waals surface area contributed by atoms with E-state index in [9.17, 15) is 24.3 Å². The maximum absolute atomic E-state index is 12.7. The van der Waals surface area contributed by atoms with E-state index in [2.05, 4.69) is 44.7 Å². The molecule has 0 saturated carbocycles. The molecule has 2 N–H and O–H groups in total. The van der Waals surface area contributed by atoms with Crippen LogP contribution in [0.2, 0.25) is 0 Å². The van der Waals surface area contributed by atoms with Gasteiger partial charge in [0.15, 0.2) is 6.10 Å². The molecule has 3 amide bonds. The lowest BCUT2D eigenvalue weighted by Gasteiger charge is -2.41. The Hall–Kier alpha value is -4.65. The summed E-state index contributed by atoms with van der Waals surface area (Å²) >= 11 is 0.582. The van der Waals surface area contributed by atoms with Gasteiger partial charge in [-0.05, 0) is 118 Å². The number of aliphatic hydroxyl groups excluding tert-OH is 1. The molecule has 0 bridgehead atoms. The van der Waals surface area contributed by atoms with E-state index >= 15 is 0 Å². The average molecular weight is 729 g/mol. The summed E-state index contributed by atoms with van der Waals surface area (Å²) in [5.74, 6) is -0.940. The Morgan fingerprint density at radius 1 is 1.04 bits per heavy atom. The van der Waals surface area contributed by atoms with Crippen LogP contribution in [0.4, 0.5) is 4.79 Å². The third-order valence-electron chi connectivity index (χ3n) is 10.1. The standard InChI is InChI=1S/C40H44N2O9S/c1-24-25(2)36-31(26(3)35(24)50-21-28-9-6-5-7-10-28)16-17-40(4,51-36)23-41-18-8-11-29(41)22-49-30-14-12-27(13-15-30)19-33-37(45)42(39(48)52-33)34(44)20-32(43)38(46)47/h5-7,9-10,12-15,19,29,32,43H,8,11,16-18,20-23H2,1-4H3,(H,46,47)/b33-19-/t29-,32?,40?/m0/s1. The molecule has 11 nitrogen and oxygen atoms in total. The number of benzene rings is 3. The van der Waals surface area contributed by atoms with E-state index in [1.165, 1.54) is 11.6 Å². The predicted molar refractivity (Wildman–Crippen MR) is 196 cm³/mol. The van der Waals surface area contributed by atoms with Crippen molar-refractivity contribution in [1.82, 2.24) is 9.80 Å². The fourth-order valence-electron chi connectivity index (χ4n) is 7.09. The summed E-state index contributed by atoms with van der Waals surface area (Å²) in [6.07, 6.45) is 2.50. The second kappa shape index (κ2) is 15.5. The molecule has 0 aromatic heterocycles. The van der Waals surface area contributed by atoms with Crippen LogP contribution in [0.3, 0.4) is 0 Å². The van der Waals surface area contributed by atoms with Crippen LogP contribution in [-0.4, -0.2) is 80.5 Å². The summed E-state index contributed by atoms with van der Waals surface area (Å²) in [6, 6.07) is 17.5. The number of carboxylic acids is 1. The summed E-state index contributed by atoms with van der Waals surface area (Å²) in [5.41, 5.74) is 6.02. The highest BCUT2D eigenvalue weighted by Crippen LogP contribution is 2.44. The van der Waals surface area contributed by atoms with Gasteiger partial charge in [0, 0.05) is 18.2 Å². The maximum atomic E-state index is 12.7. The van der Waals surface area contributed by atoms with Gasteiger partial charge >= 0.3 is 5.97 Å². The van der Waals surface area contributed by atoms with E-state index in [0.29, 0.717) is 41.2 Å². The van der Waals surface area contributed by atoms with E-state index in [1.807, 2.05) is 18.2 Å². The number of imide groups is 3. The van der Waals surface area contributed by atoms with Crippen molar-refractivity contribution in [3.63, 3.8) is 0 Å². The number of ether oxygens (including phenoxy) is 3. The molecular weight excluding hydrogens is 685 g/mol. The van der Waals surface area contributed by atoms with E-state index in [-0.39, 0.29) is 16.5 Å². The molecule has 0 spiro atoms. The van der Waals surface area contributed by atoms with Crippen molar-refractivity contribution in [1.29, 1.82) is 0 Å². The van der Waals surface area contributed by atoms with Crippen molar-refractivity contribution in [3.05, 3.63) is 92.9 Å². The molecule has 2 fully saturated rings. The summed E-state index contributed by atoms with van der Waals surface area (Å²) in [6.45, 7) is 11.4. The lowest BCUT2D eigenvalue weighted by atomic mass is 9.86. The number of amides is 3. The number of aliphatic carboxylic acids is 1. The van der Waals surface area contributed by atoms with Gasteiger partial charge < -0.3 is 24.4 Å². The van der Waals surface area contributed by atoms with Crippen LogP contribution in [0, 0.1) is 20.8 Å². The molecule has 0 radical (unpaired) electrons. The molecule has 6 rings (SSSR count). The molecule has 0 aliphatic carbocycles. The minimum atomic E-state index is -2.01. The zero-order chi connectivity index (χ0) is 37.2. The topological polar surface area (TPSA) is 143 Å². The van der Waals surface area contributed by atoms with Crippen molar-refractivity contribution in [2.24, 2.45) is 0 Å². The molecule has 52 heavy (non-hydrogen) atoms. The van der Waals surface area contributed by atoms with E-state index in [4.69, 9.17) is 19.3 Å². The molecule has 3 heterocycles. The highest BCUT2D eigenvalue weighted by atomic mass is 32.2. The zero-order valence-corrected chi connectivity index (χ0v) is 30.7. The number of carbonyl (C=O) groups is 4. The fraction of sp³-hybridized carbons (Fsp3) is 0.400. The molecule has 3 aromatic carbocycles. The number of fused-ring (bicyclic) bond motifs is 1. The number of carboxylic acid groups (broad SMARTS) is 1. The van der Waals surface area contributed by atoms with Crippen molar-refractivity contribution >= 4 is 40.9 Å². The Labute approximate surface area is 307 Å². The summed E-state index contributed by atoms with van der Waals surface area (Å²) in [7, 11) is 0. The van der Waals surface area contributed by atoms with Crippen LogP contribution in [0.15, 0.2) is 59.5 Å². The minimum Gasteiger partial charge on any atom is -0.492 e. The number of carbonyl (C=O) groups excluding carboxylic acids is 3. The highest BCUT2D eigenvalue weighted by molar-refractivity contribution is 8.18. The van der Waals surface area contributed by atoms with Crippen LogP contribution in [0.25, 0.3) is 6.08 Å². The molecular formula is C40H44N2O9S.